The molecule has 1 aromatic heterocycles. The summed E-state index contributed by atoms with van der Waals surface area (Å²) < 4.78 is 1.85. The first kappa shape index (κ1) is 14.2. The molecule has 0 saturated carbocycles. The lowest BCUT2D eigenvalue weighted by Crippen LogP contribution is -1.96. The summed E-state index contributed by atoms with van der Waals surface area (Å²) in [6.45, 7) is 3.06. The van der Waals surface area contributed by atoms with E-state index in [4.69, 9.17) is 0 Å². The molecule has 19 heavy (non-hydrogen) atoms. The van der Waals surface area contributed by atoms with E-state index in [9.17, 15) is 9.59 Å². The van der Waals surface area contributed by atoms with Gasteiger partial charge in [-0.1, -0.05) is 41.7 Å². The van der Waals surface area contributed by atoms with Gasteiger partial charge in [0.15, 0.2) is 10.2 Å². The normalized spacial score (nSPS) is 11.2. The van der Waals surface area contributed by atoms with E-state index in [2.05, 4.69) is 0 Å². The molecule has 5 heteroatoms. The van der Waals surface area contributed by atoms with Gasteiger partial charge in [0.1, 0.15) is 0 Å². The van der Waals surface area contributed by atoms with Crippen molar-refractivity contribution in [1.82, 2.24) is 4.57 Å². The van der Waals surface area contributed by atoms with Crippen molar-refractivity contribution in [3.63, 3.8) is 0 Å². The topological polar surface area (TPSA) is 39.1 Å². The number of carbonyl (C=O) groups excluding carboxylic acids is 2. The molecule has 100 valence electrons. The van der Waals surface area contributed by atoms with Gasteiger partial charge in [0.05, 0.1) is 4.58 Å². The number of benzene rings is 1. The molecule has 0 bridgehead atoms. The van der Waals surface area contributed by atoms with Gasteiger partial charge in [0, 0.05) is 43.6 Å². The third-order valence-corrected chi connectivity index (χ3v) is 4.90. The maximum atomic E-state index is 11.4. The molecular weight excluding hydrogens is 278 g/mol. The number of para-hydroxylation sites is 1. The molecule has 0 N–H and O–H groups in total. The summed E-state index contributed by atoms with van der Waals surface area (Å²) in [6, 6.07) is 8.02. The number of fused-ring (bicyclic) bond motifs is 1. The molecule has 1 heterocycles. The molecule has 0 aliphatic carbocycles. The van der Waals surface area contributed by atoms with Crippen molar-refractivity contribution in [2.75, 3.05) is 0 Å². The van der Waals surface area contributed by atoms with Gasteiger partial charge in [-0.05, 0) is 6.07 Å². The van der Waals surface area contributed by atoms with E-state index in [1.54, 1.807) is 0 Å². The highest BCUT2D eigenvalue weighted by Gasteiger charge is 2.21. The summed E-state index contributed by atoms with van der Waals surface area (Å²) in [5, 5.41) is 1.14. The minimum atomic E-state index is -0.180. The van der Waals surface area contributed by atoms with Crippen molar-refractivity contribution in [2.45, 2.75) is 18.4 Å². The predicted molar refractivity (Wildman–Crippen MR) is 82.2 cm³/mol. The fourth-order valence-corrected chi connectivity index (χ4v) is 4.25. The van der Waals surface area contributed by atoms with Gasteiger partial charge in [-0.15, -0.1) is 0 Å². The lowest BCUT2D eigenvalue weighted by atomic mass is 10.2. The predicted octanol–water partition coefficient (Wildman–Crippen LogP) is 3.74. The number of thioether (sulfide) groups is 2. The van der Waals surface area contributed by atoms with Crippen LogP contribution >= 0.6 is 23.5 Å². The Bertz CT molecular complexity index is 617. The maximum Gasteiger partial charge on any atom is 0.187 e. The molecule has 0 radical (unpaired) electrons. The molecule has 0 atom stereocenters. The summed E-state index contributed by atoms with van der Waals surface area (Å²) in [4.78, 5) is 22.8. The van der Waals surface area contributed by atoms with Crippen molar-refractivity contribution in [1.29, 1.82) is 0 Å². The molecular formula is C14H15NO2S2. The van der Waals surface area contributed by atoms with Crippen LogP contribution < -0.4 is 0 Å². The average molecular weight is 293 g/mol. The number of rotatable bonds is 3. The number of hydrogen-bond donors (Lipinski definition) is 0. The number of nitrogens with zero attached hydrogens (tertiary/aromatic N) is 1. The van der Waals surface area contributed by atoms with E-state index in [1.807, 2.05) is 42.1 Å². The summed E-state index contributed by atoms with van der Waals surface area (Å²) in [6.07, 6.45) is 2.00. The fraction of sp³-hybridized carbons (Fsp3) is 0.286. The summed E-state index contributed by atoms with van der Waals surface area (Å²) in [5.41, 5.74) is 2.13. The fourth-order valence-electron chi connectivity index (χ4n) is 2.01. The van der Waals surface area contributed by atoms with Gasteiger partial charge in [0.2, 0.25) is 0 Å². The zero-order valence-corrected chi connectivity index (χ0v) is 12.7. The Labute approximate surface area is 120 Å². The molecule has 0 aliphatic heterocycles. The van der Waals surface area contributed by atoms with E-state index in [-0.39, 0.29) is 14.8 Å². The van der Waals surface area contributed by atoms with E-state index in [0.717, 1.165) is 16.5 Å². The average Bonchev–Trinajstić information content (AvgIpc) is 2.66. The van der Waals surface area contributed by atoms with E-state index in [0.29, 0.717) is 0 Å². The molecule has 0 unspecified atom stereocenters. The number of hydrogen-bond acceptors (Lipinski definition) is 4. The van der Waals surface area contributed by atoms with Gasteiger partial charge in [-0.2, -0.15) is 0 Å². The molecule has 0 fully saturated rings. The molecule has 0 saturated heterocycles. The van der Waals surface area contributed by atoms with Crippen LogP contribution in [0.3, 0.4) is 0 Å². The van der Waals surface area contributed by atoms with Gasteiger partial charge >= 0.3 is 0 Å². The van der Waals surface area contributed by atoms with Crippen molar-refractivity contribution in [3.05, 3.63) is 36.0 Å². The first-order valence-corrected chi connectivity index (χ1v) is 7.63. The lowest BCUT2D eigenvalue weighted by molar-refractivity contribution is -0.109. The SMILES string of the molecule is CC(=O)SC(SC(C)=O)c1cn(C)c2ccccc12. The molecule has 2 aromatic rings. The van der Waals surface area contributed by atoms with Crippen LogP contribution in [-0.2, 0) is 16.6 Å². The molecule has 3 nitrogen and oxygen atoms in total. The van der Waals surface area contributed by atoms with Gasteiger partial charge in [-0.3, -0.25) is 9.59 Å². The summed E-state index contributed by atoms with van der Waals surface area (Å²) in [5.74, 6) is 0. The number of aromatic nitrogens is 1. The molecule has 1 aromatic carbocycles. The second-order valence-electron chi connectivity index (χ2n) is 4.26. The van der Waals surface area contributed by atoms with Crippen LogP contribution in [0, 0.1) is 0 Å². The Morgan fingerprint density at radius 1 is 1.11 bits per heavy atom. The highest BCUT2D eigenvalue weighted by Crippen LogP contribution is 2.43. The summed E-state index contributed by atoms with van der Waals surface area (Å²) >= 11 is 2.40. The van der Waals surface area contributed by atoms with Crippen molar-refractivity contribution >= 4 is 44.7 Å². The summed E-state index contributed by atoms with van der Waals surface area (Å²) in [7, 11) is 1.97. The maximum absolute atomic E-state index is 11.4. The zero-order valence-electron chi connectivity index (χ0n) is 11.0. The second kappa shape index (κ2) is 5.84. The van der Waals surface area contributed by atoms with Crippen LogP contribution in [0.25, 0.3) is 10.9 Å². The van der Waals surface area contributed by atoms with E-state index in [1.165, 1.54) is 37.4 Å². The van der Waals surface area contributed by atoms with Gasteiger partial charge in [-0.25, -0.2) is 0 Å². The Kier molecular flexibility index (Phi) is 4.37. The smallest absolute Gasteiger partial charge is 0.187 e. The van der Waals surface area contributed by atoms with Crippen molar-refractivity contribution in [2.24, 2.45) is 7.05 Å². The van der Waals surface area contributed by atoms with Crippen LogP contribution in [0.15, 0.2) is 30.5 Å². The van der Waals surface area contributed by atoms with Crippen LogP contribution in [0.2, 0.25) is 0 Å². The van der Waals surface area contributed by atoms with Crippen molar-refractivity contribution in [3.8, 4) is 0 Å². The van der Waals surface area contributed by atoms with Crippen LogP contribution in [-0.4, -0.2) is 14.8 Å². The molecule has 2 rings (SSSR count). The molecule has 0 aliphatic rings. The highest BCUT2D eigenvalue weighted by molar-refractivity contribution is 8.29. The molecule has 0 spiro atoms. The van der Waals surface area contributed by atoms with Gasteiger partial charge < -0.3 is 4.57 Å². The molecule has 0 amide bonds. The quantitative estimate of drug-likeness (QED) is 0.808. The zero-order chi connectivity index (χ0) is 14.0. The van der Waals surface area contributed by atoms with Crippen molar-refractivity contribution < 1.29 is 9.59 Å². The largest absolute Gasteiger partial charge is 0.350 e. The monoisotopic (exact) mass is 293 g/mol. The van der Waals surface area contributed by atoms with Gasteiger partial charge in [0.25, 0.3) is 0 Å². The Morgan fingerprint density at radius 2 is 1.68 bits per heavy atom. The first-order chi connectivity index (χ1) is 8.99. The minimum Gasteiger partial charge on any atom is -0.350 e. The van der Waals surface area contributed by atoms with Crippen LogP contribution in [0.4, 0.5) is 0 Å². The Balaban J connectivity index is 2.49. The second-order valence-corrected chi connectivity index (χ2v) is 7.13. The highest BCUT2D eigenvalue weighted by atomic mass is 32.2. The number of carbonyl (C=O) groups is 2. The van der Waals surface area contributed by atoms with E-state index >= 15 is 0 Å². The standard InChI is InChI=1S/C14H15NO2S2/c1-9(16)18-14(19-10(2)17)12-8-15(3)13-7-5-4-6-11(12)13/h4-8,14H,1-3H3. The van der Waals surface area contributed by atoms with Crippen LogP contribution in [0.5, 0.6) is 0 Å². The van der Waals surface area contributed by atoms with Crippen LogP contribution in [0.1, 0.15) is 24.0 Å². The minimum absolute atomic E-state index is 0.0201. The number of aryl methyl sites for hydroxylation is 1. The third kappa shape index (κ3) is 3.22. The first-order valence-electron chi connectivity index (χ1n) is 5.87. The Morgan fingerprint density at radius 3 is 2.26 bits per heavy atom. The Hall–Kier alpha value is -1.20. The van der Waals surface area contributed by atoms with E-state index < -0.39 is 0 Å². The third-order valence-electron chi connectivity index (χ3n) is 2.73. The lowest BCUT2D eigenvalue weighted by Gasteiger charge is -2.11.